The average Bonchev–Trinajstić information content (AvgIpc) is 2.61. The highest BCUT2D eigenvalue weighted by atomic mass is 32.2. The summed E-state index contributed by atoms with van der Waals surface area (Å²) in [5.41, 5.74) is 0.996. The van der Waals surface area contributed by atoms with E-state index in [4.69, 9.17) is 4.74 Å². The van der Waals surface area contributed by atoms with Crippen molar-refractivity contribution in [3.63, 3.8) is 0 Å². The zero-order chi connectivity index (χ0) is 18.3. The van der Waals surface area contributed by atoms with E-state index in [0.29, 0.717) is 18.8 Å². The van der Waals surface area contributed by atoms with Crippen molar-refractivity contribution >= 4 is 15.9 Å². The quantitative estimate of drug-likeness (QED) is 0.780. The highest BCUT2D eigenvalue weighted by molar-refractivity contribution is 7.89. The molecule has 0 unspecified atom stereocenters. The molecule has 0 bridgehead atoms. The lowest BCUT2D eigenvalue weighted by Crippen LogP contribution is -2.37. The van der Waals surface area contributed by atoms with Crippen molar-refractivity contribution in [1.82, 2.24) is 9.62 Å². The van der Waals surface area contributed by atoms with Gasteiger partial charge < -0.3 is 9.64 Å². The third kappa shape index (κ3) is 5.58. The van der Waals surface area contributed by atoms with Gasteiger partial charge in [-0.2, -0.15) is 0 Å². The molecule has 0 radical (unpaired) electrons. The summed E-state index contributed by atoms with van der Waals surface area (Å²) in [6.45, 7) is 2.35. The van der Waals surface area contributed by atoms with Crippen LogP contribution in [-0.4, -0.2) is 39.4 Å². The molecule has 0 aliphatic rings. The molecular weight excluding hydrogens is 340 g/mol. The van der Waals surface area contributed by atoms with Gasteiger partial charge >= 0.3 is 0 Å². The molecule has 0 heterocycles. The van der Waals surface area contributed by atoms with Crippen LogP contribution in [0.15, 0.2) is 59.5 Å². The second-order valence-corrected chi connectivity index (χ2v) is 7.27. The minimum absolute atomic E-state index is 0.104. The fourth-order valence-electron chi connectivity index (χ4n) is 2.30. The smallest absolute Gasteiger partial charge is 0.240 e. The van der Waals surface area contributed by atoms with Gasteiger partial charge in [-0.3, -0.25) is 4.79 Å². The maximum Gasteiger partial charge on any atom is 0.240 e. The molecule has 0 aliphatic heterocycles. The number of carbonyl (C=O) groups is 1. The van der Waals surface area contributed by atoms with Gasteiger partial charge in [0.05, 0.1) is 12.0 Å². The summed E-state index contributed by atoms with van der Waals surface area (Å²) < 4.78 is 32.1. The lowest BCUT2D eigenvalue weighted by molar-refractivity contribution is -0.129. The lowest BCUT2D eigenvalue weighted by atomic mass is 10.2. The Hall–Kier alpha value is -2.38. The number of methoxy groups -OCH3 is 1. The molecule has 2 aromatic rings. The molecule has 0 aromatic heterocycles. The van der Waals surface area contributed by atoms with Gasteiger partial charge in [0.25, 0.3) is 0 Å². The predicted octanol–water partition coefficient (Wildman–Crippen LogP) is 2.02. The lowest BCUT2D eigenvalue weighted by Gasteiger charge is -2.21. The molecule has 1 N–H and O–H groups in total. The van der Waals surface area contributed by atoms with Crippen molar-refractivity contribution in [2.45, 2.75) is 18.4 Å². The molecule has 0 saturated carbocycles. The van der Waals surface area contributed by atoms with Crippen LogP contribution in [0.3, 0.4) is 0 Å². The molecule has 134 valence electrons. The van der Waals surface area contributed by atoms with E-state index >= 15 is 0 Å². The number of hydrogen-bond donors (Lipinski definition) is 1. The van der Waals surface area contributed by atoms with Crippen LogP contribution in [0.5, 0.6) is 5.75 Å². The summed E-state index contributed by atoms with van der Waals surface area (Å²) in [6, 6.07) is 15.7. The molecule has 0 aliphatic carbocycles. The SMILES string of the molecule is COc1ccc(S(=O)(=O)NCCN(Cc2ccccc2)C(C)=O)cc1. The summed E-state index contributed by atoms with van der Waals surface area (Å²) >= 11 is 0. The Morgan fingerprint density at radius 2 is 1.72 bits per heavy atom. The van der Waals surface area contributed by atoms with E-state index in [9.17, 15) is 13.2 Å². The number of benzene rings is 2. The number of hydrogen-bond acceptors (Lipinski definition) is 4. The van der Waals surface area contributed by atoms with E-state index in [1.54, 1.807) is 17.0 Å². The largest absolute Gasteiger partial charge is 0.497 e. The van der Waals surface area contributed by atoms with Crippen LogP contribution in [0.2, 0.25) is 0 Å². The Balaban J connectivity index is 1.95. The van der Waals surface area contributed by atoms with E-state index < -0.39 is 10.0 Å². The van der Waals surface area contributed by atoms with Crippen molar-refractivity contribution in [1.29, 1.82) is 0 Å². The highest BCUT2D eigenvalue weighted by Crippen LogP contribution is 2.15. The van der Waals surface area contributed by atoms with Crippen LogP contribution in [0.1, 0.15) is 12.5 Å². The fraction of sp³-hybridized carbons (Fsp3) is 0.278. The summed E-state index contributed by atoms with van der Waals surface area (Å²) in [5.74, 6) is 0.483. The van der Waals surface area contributed by atoms with E-state index in [0.717, 1.165) is 5.56 Å². The van der Waals surface area contributed by atoms with Crippen LogP contribution < -0.4 is 9.46 Å². The molecule has 7 heteroatoms. The van der Waals surface area contributed by atoms with Gasteiger partial charge in [-0.25, -0.2) is 13.1 Å². The van der Waals surface area contributed by atoms with Crippen molar-refractivity contribution in [2.24, 2.45) is 0 Å². The number of amides is 1. The predicted molar refractivity (Wildman–Crippen MR) is 95.7 cm³/mol. The zero-order valence-corrected chi connectivity index (χ0v) is 15.1. The summed E-state index contributed by atoms with van der Waals surface area (Å²) in [5, 5.41) is 0. The molecule has 2 rings (SSSR count). The summed E-state index contributed by atoms with van der Waals surface area (Å²) in [6.07, 6.45) is 0. The number of ether oxygens (including phenoxy) is 1. The van der Waals surface area contributed by atoms with Crippen LogP contribution in [0.25, 0.3) is 0 Å². The number of rotatable bonds is 8. The van der Waals surface area contributed by atoms with Crippen LogP contribution >= 0.6 is 0 Å². The second kappa shape index (κ2) is 8.64. The van der Waals surface area contributed by atoms with E-state index in [1.807, 2.05) is 30.3 Å². The Morgan fingerprint density at radius 3 is 2.28 bits per heavy atom. The maximum atomic E-state index is 12.3. The van der Waals surface area contributed by atoms with Crippen LogP contribution in [0.4, 0.5) is 0 Å². The summed E-state index contributed by atoms with van der Waals surface area (Å²) in [7, 11) is -2.10. The van der Waals surface area contributed by atoms with Gasteiger partial charge in [0, 0.05) is 26.6 Å². The Labute approximate surface area is 148 Å². The Kier molecular flexibility index (Phi) is 6.55. The molecule has 6 nitrogen and oxygen atoms in total. The first kappa shape index (κ1) is 19.0. The topological polar surface area (TPSA) is 75.7 Å². The molecule has 2 aromatic carbocycles. The second-order valence-electron chi connectivity index (χ2n) is 5.50. The molecule has 1 amide bonds. The van der Waals surface area contributed by atoms with Crippen molar-refractivity contribution < 1.29 is 17.9 Å². The third-order valence-corrected chi connectivity index (χ3v) is 5.18. The van der Waals surface area contributed by atoms with Crippen LogP contribution in [-0.2, 0) is 21.4 Å². The minimum atomic E-state index is -3.62. The molecule has 25 heavy (non-hydrogen) atoms. The molecular formula is C18H22N2O4S. The van der Waals surface area contributed by atoms with Gasteiger partial charge in [-0.05, 0) is 29.8 Å². The van der Waals surface area contributed by atoms with E-state index in [2.05, 4.69) is 4.72 Å². The minimum Gasteiger partial charge on any atom is -0.497 e. The van der Waals surface area contributed by atoms with Crippen molar-refractivity contribution in [2.75, 3.05) is 20.2 Å². The fourth-order valence-corrected chi connectivity index (χ4v) is 3.33. The van der Waals surface area contributed by atoms with Gasteiger partial charge in [-0.15, -0.1) is 0 Å². The number of nitrogens with zero attached hydrogens (tertiary/aromatic N) is 1. The van der Waals surface area contributed by atoms with Crippen molar-refractivity contribution in [3.8, 4) is 5.75 Å². The first-order chi connectivity index (χ1) is 11.9. The molecule has 0 fully saturated rings. The van der Waals surface area contributed by atoms with Gasteiger partial charge in [0.2, 0.25) is 15.9 Å². The first-order valence-electron chi connectivity index (χ1n) is 7.85. The monoisotopic (exact) mass is 362 g/mol. The Morgan fingerprint density at radius 1 is 1.08 bits per heavy atom. The third-order valence-electron chi connectivity index (χ3n) is 3.71. The number of sulfonamides is 1. The average molecular weight is 362 g/mol. The van der Waals surface area contributed by atoms with Gasteiger partial charge in [0.15, 0.2) is 0 Å². The normalized spacial score (nSPS) is 11.1. The van der Waals surface area contributed by atoms with E-state index in [1.165, 1.54) is 26.2 Å². The number of nitrogens with one attached hydrogen (secondary N) is 1. The molecule has 0 spiro atoms. The highest BCUT2D eigenvalue weighted by Gasteiger charge is 2.15. The van der Waals surface area contributed by atoms with Gasteiger partial charge in [0.1, 0.15) is 5.75 Å². The molecule has 0 atom stereocenters. The standard InChI is InChI=1S/C18H22N2O4S/c1-15(21)20(14-16-6-4-3-5-7-16)13-12-19-25(22,23)18-10-8-17(24-2)9-11-18/h3-11,19H,12-14H2,1-2H3. The van der Waals surface area contributed by atoms with Gasteiger partial charge in [-0.1, -0.05) is 30.3 Å². The zero-order valence-electron chi connectivity index (χ0n) is 14.3. The maximum absolute atomic E-state index is 12.3. The first-order valence-corrected chi connectivity index (χ1v) is 9.34. The number of carbonyl (C=O) groups excluding carboxylic acids is 1. The Bertz CT molecular complexity index is 790. The van der Waals surface area contributed by atoms with E-state index in [-0.39, 0.29) is 17.3 Å². The van der Waals surface area contributed by atoms with Crippen LogP contribution in [0, 0.1) is 0 Å². The summed E-state index contributed by atoms with van der Waals surface area (Å²) in [4.78, 5) is 13.5. The van der Waals surface area contributed by atoms with Crippen molar-refractivity contribution in [3.05, 3.63) is 60.2 Å². The molecule has 0 saturated heterocycles.